The van der Waals surface area contributed by atoms with E-state index >= 15 is 0 Å². The van der Waals surface area contributed by atoms with E-state index in [1.54, 1.807) is 12.1 Å². The maximum Gasteiger partial charge on any atom is 0.271 e. The summed E-state index contributed by atoms with van der Waals surface area (Å²) < 4.78 is 0. The fraction of sp³-hybridized carbons (Fsp3) is 0.471. The summed E-state index contributed by atoms with van der Waals surface area (Å²) in [5.74, 6) is 0.674. The van der Waals surface area contributed by atoms with E-state index < -0.39 is 0 Å². The topological polar surface area (TPSA) is 88.3 Å². The zero-order valence-corrected chi connectivity index (χ0v) is 14.6. The molecule has 0 radical (unpaired) electrons. The van der Waals surface area contributed by atoms with Crippen LogP contribution >= 0.6 is 0 Å². The van der Waals surface area contributed by atoms with Crippen molar-refractivity contribution in [1.82, 2.24) is 15.2 Å². The Labute approximate surface area is 146 Å². The molecule has 8 heteroatoms. The van der Waals surface area contributed by atoms with Crippen molar-refractivity contribution in [2.75, 3.05) is 36.0 Å². The Hall–Kier alpha value is -2.77. The summed E-state index contributed by atoms with van der Waals surface area (Å²) in [7, 11) is 0. The summed E-state index contributed by atoms with van der Waals surface area (Å²) in [6, 6.07) is 6.77. The normalized spacial score (nSPS) is 14.6. The Morgan fingerprint density at radius 3 is 2.36 bits per heavy atom. The first kappa shape index (κ1) is 17.1. The van der Waals surface area contributed by atoms with E-state index in [0.29, 0.717) is 5.95 Å². The summed E-state index contributed by atoms with van der Waals surface area (Å²) in [6.45, 7) is 7.19. The molecule has 0 N–H and O–H groups in total. The van der Waals surface area contributed by atoms with Crippen molar-refractivity contribution in [3.05, 3.63) is 45.8 Å². The minimum Gasteiger partial charge on any atom is -0.368 e. The van der Waals surface area contributed by atoms with Crippen molar-refractivity contribution in [1.29, 1.82) is 0 Å². The second-order valence-electron chi connectivity index (χ2n) is 5.96. The predicted octanol–water partition coefficient (Wildman–Crippen LogP) is 2.23. The van der Waals surface area contributed by atoms with Gasteiger partial charge in [-0.2, -0.15) is 5.10 Å². The molecule has 0 spiro atoms. The van der Waals surface area contributed by atoms with Crippen LogP contribution in [-0.2, 0) is 12.8 Å². The van der Waals surface area contributed by atoms with Crippen LogP contribution in [-0.4, -0.2) is 46.3 Å². The van der Waals surface area contributed by atoms with Crippen molar-refractivity contribution < 1.29 is 4.92 Å². The van der Waals surface area contributed by atoms with Crippen LogP contribution in [0.25, 0.3) is 0 Å². The van der Waals surface area contributed by atoms with Crippen molar-refractivity contribution in [2.45, 2.75) is 26.7 Å². The highest BCUT2D eigenvalue weighted by Gasteiger charge is 2.21. The average Bonchev–Trinajstić information content (AvgIpc) is 2.67. The van der Waals surface area contributed by atoms with Gasteiger partial charge in [0.1, 0.15) is 0 Å². The average molecular weight is 342 g/mol. The maximum absolute atomic E-state index is 10.9. The molecule has 3 rings (SSSR count). The molecule has 0 atom stereocenters. The van der Waals surface area contributed by atoms with Crippen molar-refractivity contribution in [2.24, 2.45) is 0 Å². The Bertz CT molecular complexity index is 759. The summed E-state index contributed by atoms with van der Waals surface area (Å²) in [5.41, 5.74) is 2.97. The molecule has 1 aliphatic rings. The fourth-order valence-electron chi connectivity index (χ4n) is 3.03. The molecule has 2 heterocycles. The van der Waals surface area contributed by atoms with Gasteiger partial charge in [-0.1, -0.05) is 19.9 Å². The van der Waals surface area contributed by atoms with Crippen molar-refractivity contribution in [3.63, 3.8) is 0 Å². The van der Waals surface area contributed by atoms with Crippen LogP contribution in [0.15, 0.2) is 24.3 Å². The van der Waals surface area contributed by atoms with Gasteiger partial charge in [-0.25, -0.2) is 4.98 Å². The number of nitro groups is 1. The molecule has 0 unspecified atom stereocenters. The number of aryl methyl sites for hydroxylation is 2. The van der Waals surface area contributed by atoms with Gasteiger partial charge in [0.25, 0.3) is 5.69 Å². The number of nitro benzene ring substituents is 1. The lowest BCUT2D eigenvalue weighted by Gasteiger charge is -2.35. The Morgan fingerprint density at radius 2 is 1.72 bits per heavy atom. The summed E-state index contributed by atoms with van der Waals surface area (Å²) >= 11 is 0. The molecule has 1 saturated heterocycles. The number of non-ortho nitro benzene ring substituents is 1. The van der Waals surface area contributed by atoms with Gasteiger partial charge in [0.2, 0.25) is 5.95 Å². The third-order valence-electron chi connectivity index (χ3n) is 4.47. The number of aromatic nitrogens is 3. The van der Waals surface area contributed by atoms with Gasteiger partial charge in [0, 0.05) is 44.0 Å². The van der Waals surface area contributed by atoms with E-state index in [4.69, 9.17) is 0 Å². The Balaban J connectivity index is 1.70. The molecule has 1 aromatic carbocycles. The molecule has 1 aliphatic heterocycles. The van der Waals surface area contributed by atoms with Gasteiger partial charge in [0.15, 0.2) is 0 Å². The second kappa shape index (κ2) is 7.42. The molecule has 0 amide bonds. The summed E-state index contributed by atoms with van der Waals surface area (Å²) in [5, 5.41) is 19.5. The van der Waals surface area contributed by atoms with Crippen LogP contribution in [0.4, 0.5) is 17.3 Å². The second-order valence-corrected chi connectivity index (χ2v) is 5.96. The predicted molar refractivity (Wildman–Crippen MR) is 96.1 cm³/mol. The molecule has 25 heavy (non-hydrogen) atoms. The third kappa shape index (κ3) is 3.67. The quantitative estimate of drug-likeness (QED) is 0.608. The SMILES string of the molecule is CCc1nnc(N2CCN(c3cccc([N+](=O)[O-])c3)CC2)nc1CC. The first-order chi connectivity index (χ1) is 12.1. The molecule has 0 bridgehead atoms. The van der Waals surface area contributed by atoms with Crippen LogP contribution in [0, 0.1) is 10.1 Å². The number of nitrogens with zero attached hydrogens (tertiary/aromatic N) is 6. The van der Waals surface area contributed by atoms with Crippen molar-refractivity contribution in [3.8, 4) is 0 Å². The molecular weight excluding hydrogens is 320 g/mol. The third-order valence-corrected chi connectivity index (χ3v) is 4.47. The number of rotatable bonds is 5. The van der Waals surface area contributed by atoms with E-state index in [1.165, 1.54) is 6.07 Å². The number of piperazine rings is 1. The molecule has 8 nitrogen and oxygen atoms in total. The van der Waals surface area contributed by atoms with Gasteiger partial charge in [-0.3, -0.25) is 10.1 Å². The van der Waals surface area contributed by atoms with Gasteiger partial charge >= 0.3 is 0 Å². The van der Waals surface area contributed by atoms with E-state index in [1.807, 2.05) is 6.07 Å². The summed E-state index contributed by atoms with van der Waals surface area (Å²) in [4.78, 5) is 19.5. The van der Waals surface area contributed by atoms with Crippen LogP contribution in [0.2, 0.25) is 0 Å². The Kier molecular flexibility index (Phi) is 5.06. The number of hydrogen-bond donors (Lipinski definition) is 0. The highest BCUT2D eigenvalue weighted by Crippen LogP contribution is 2.23. The minimum absolute atomic E-state index is 0.121. The first-order valence-corrected chi connectivity index (χ1v) is 8.59. The number of hydrogen-bond acceptors (Lipinski definition) is 7. The molecule has 1 aromatic heterocycles. The van der Waals surface area contributed by atoms with Gasteiger partial charge in [-0.15, -0.1) is 5.10 Å². The van der Waals surface area contributed by atoms with E-state index in [9.17, 15) is 10.1 Å². The van der Waals surface area contributed by atoms with E-state index in [0.717, 1.165) is 56.1 Å². The molecule has 1 fully saturated rings. The standard InChI is InChI=1S/C17H22N6O2/c1-3-15-16(4-2)19-20-17(18-15)22-10-8-21(9-11-22)13-6-5-7-14(12-13)23(24)25/h5-7,12H,3-4,8-11H2,1-2H3. The molecule has 2 aromatic rings. The van der Waals surface area contributed by atoms with Crippen LogP contribution in [0.5, 0.6) is 0 Å². The first-order valence-electron chi connectivity index (χ1n) is 8.59. The zero-order valence-electron chi connectivity index (χ0n) is 14.6. The van der Waals surface area contributed by atoms with E-state index in [2.05, 4.69) is 38.8 Å². The molecule has 132 valence electrons. The van der Waals surface area contributed by atoms with Gasteiger partial charge in [-0.05, 0) is 18.9 Å². The largest absolute Gasteiger partial charge is 0.368 e. The smallest absolute Gasteiger partial charge is 0.271 e. The highest BCUT2D eigenvalue weighted by atomic mass is 16.6. The zero-order chi connectivity index (χ0) is 17.8. The highest BCUT2D eigenvalue weighted by molar-refractivity contribution is 5.54. The van der Waals surface area contributed by atoms with E-state index in [-0.39, 0.29) is 10.6 Å². The molecular formula is C17H22N6O2. The van der Waals surface area contributed by atoms with Crippen LogP contribution in [0.1, 0.15) is 25.2 Å². The minimum atomic E-state index is -0.360. The van der Waals surface area contributed by atoms with Crippen LogP contribution < -0.4 is 9.80 Å². The van der Waals surface area contributed by atoms with Crippen molar-refractivity contribution >= 4 is 17.3 Å². The lowest BCUT2D eigenvalue weighted by atomic mass is 10.2. The lowest BCUT2D eigenvalue weighted by molar-refractivity contribution is -0.384. The molecule has 0 saturated carbocycles. The lowest BCUT2D eigenvalue weighted by Crippen LogP contribution is -2.47. The number of anilines is 2. The monoisotopic (exact) mass is 342 g/mol. The fourth-order valence-corrected chi connectivity index (χ4v) is 3.03. The number of benzene rings is 1. The van der Waals surface area contributed by atoms with Gasteiger partial charge in [0.05, 0.1) is 16.3 Å². The Morgan fingerprint density at radius 1 is 1.04 bits per heavy atom. The maximum atomic E-state index is 10.9. The molecule has 0 aliphatic carbocycles. The van der Waals surface area contributed by atoms with Gasteiger partial charge < -0.3 is 9.80 Å². The summed E-state index contributed by atoms with van der Waals surface area (Å²) in [6.07, 6.45) is 1.68. The van der Waals surface area contributed by atoms with Crippen LogP contribution in [0.3, 0.4) is 0 Å².